The highest BCUT2D eigenvalue weighted by atomic mass is 15.1. The van der Waals surface area contributed by atoms with Crippen LogP contribution in [0.25, 0.3) is 0 Å². The summed E-state index contributed by atoms with van der Waals surface area (Å²) >= 11 is 0. The number of hydrogen-bond acceptors (Lipinski definition) is 2. The molecule has 2 heteroatoms. The molecule has 0 amide bonds. The Morgan fingerprint density at radius 3 is 2.62 bits per heavy atom. The molecular weight excluding hydrogens is 160 g/mol. The molecule has 0 radical (unpaired) electrons. The smallest absolute Gasteiger partial charge is 0.0195 e. The van der Waals surface area contributed by atoms with Crippen molar-refractivity contribution in [2.24, 2.45) is 11.8 Å². The summed E-state index contributed by atoms with van der Waals surface area (Å²) in [7, 11) is 4.35. The molecule has 76 valence electrons. The summed E-state index contributed by atoms with van der Waals surface area (Å²) in [6, 6.07) is 0.738. The highest BCUT2D eigenvalue weighted by molar-refractivity contribution is 4.85. The van der Waals surface area contributed by atoms with Crippen molar-refractivity contribution in [1.29, 1.82) is 0 Å². The van der Waals surface area contributed by atoms with Crippen LogP contribution in [0.3, 0.4) is 0 Å². The predicted octanol–water partition coefficient (Wildman–Crippen LogP) is 1.33. The van der Waals surface area contributed by atoms with Crippen molar-refractivity contribution in [3.63, 3.8) is 0 Å². The minimum absolute atomic E-state index is 0.738. The van der Waals surface area contributed by atoms with E-state index in [1.165, 1.54) is 38.8 Å². The maximum atomic E-state index is 3.42. The monoisotopic (exact) mass is 182 g/mol. The molecule has 0 aromatic heterocycles. The number of likely N-dealkylation sites (tertiary alicyclic amines) is 1. The van der Waals surface area contributed by atoms with Crippen molar-refractivity contribution in [3.05, 3.63) is 0 Å². The van der Waals surface area contributed by atoms with Gasteiger partial charge in [0.15, 0.2) is 0 Å². The lowest BCUT2D eigenvalue weighted by atomic mass is 9.90. The first-order valence-electron chi connectivity index (χ1n) is 5.63. The summed E-state index contributed by atoms with van der Waals surface area (Å²) < 4.78 is 0. The van der Waals surface area contributed by atoms with Crippen LogP contribution in [-0.4, -0.2) is 38.1 Å². The molecular formula is C11H22N2. The van der Waals surface area contributed by atoms with E-state index in [4.69, 9.17) is 0 Å². The molecule has 1 aliphatic carbocycles. The van der Waals surface area contributed by atoms with E-state index in [1.54, 1.807) is 0 Å². The highest BCUT2D eigenvalue weighted by Gasteiger charge is 2.30. The fourth-order valence-electron chi connectivity index (χ4n) is 2.65. The third-order valence-corrected chi connectivity index (χ3v) is 3.49. The quantitative estimate of drug-likeness (QED) is 0.708. The summed E-state index contributed by atoms with van der Waals surface area (Å²) in [6.07, 6.45) is 5.90. The van der Waals surface area contributed by atoms with E-state index >= 15 is 0 Å². The van der Waals surface area contributed by atoms with E-state index in [0.717, 1.165) is 17.9 Å². The molecule has 0 aromatic rings. The van der Waals surface area contributed by atoms with Crippen molar-refractivity contribution >= 4 is 0 Å². The van der Waals surface area contributed by atoms with E-state index < -0.39 is 0 Å². The first kappa shape index (κ1) is 9.47. The average Bonchev–Trinajstić information content (AvgIpc) is 2.87. The molecule has 1 heterocycles. The lowest BCUT2D eigenvalue weighted by Crippen LogP contribution is -2.46. The van der Waals surface area contributed by atoms with Crippen LogP contribution in [0.2, 0.25) is 0 Å². The minimum atomic E-state index is 0.738. The lowest BCUT2D eigenvalue weighted by molar-refractivity contribution is 0.163. The Bertz CT molecular complexity index is 163. The number of likely N-dealkylation sites (N-methyl/N-ethyl adjacent to an activating group) is 2. The predicted molar refractivity (Wildman–Crippen MR) is 55.8 cm³/mol. The first-order valence-corrected chi connectivity index (χ1v) is 5.63. The largest absolute Gasteiger partial charge is 0.316 e. The number of rotatable bonds is 3. The van der Waals surface area contributed by atoms with Crippen LogP contribution in [0, 0.1) is 11.8 Å². The van der Waals surface area contributed by atoms with Crippen molar-refractivity contribution in [3.8, 4) is 0 Å². The molecule has 1 aliphatic heterocycles. The molecule has 0 spiro atoms. The van der Waals surface area contributed by atoms with Gasteiger partial charge < -0.3 is 10.2 Å². The second-order valence-electron chi connectivity index (χ2n) is 4.99. The molecule has 0 aromatic carbocycles. The topological polar surface area (TPSA) is 15.3 Å². The Hall–Kier alpha value is -0.0800. The summed E-state index contributed by atoms with van der Waals surface area (Å²) in [5.74, 6) is 2.05. The summed E-state index contributed by atoms with van der Waals surface area (Å²) in [5, 5.41) is 3.42. The van der Waals surface area contributed by atoms with Gasteiger partial charge in [0.05, 0.1) is 0 Å². The molecule has 2 fully saturated rings. The molecule has 1 saturated heterocycles. The standard InChI is InChI=1S/C11H22N2/c1-12-11-6-10(5-9-3-4-9)7-13(2)8-11/h9-12H,3-8H2,1-2H3. The molecule has 2 unspecified atom stereocenters. The van der Waals surface area contributed by atoms with Crippen molar-refractivity contribution in [2.45, 2.75) is 31.7 Å². The molecule has 2 atom stereocenters. The van der Waals surface area contributed by atoms with E-state index in [1.807, 2.05) is 0 Å². The van der Waals surface area contributed by atoms with Gasteiger partial charge in [0.2, 0.25) is 0 Å². The van der Waals surface area contributed by atoms with Gasteiger partial charge in [-0.2, -0.15) is 0 Å². The first-order chi connectivity index (χ1) is 6.28. The number of nitrogens with zero attached hydrogens (tertiary/aromatic N) is 1. The molecule has 1 saturated carbocycles. The Morgan fingerprint density at radius 2 is 2.00 bits per heavy atom. The summed E-state index contributed by atoms with van der Waals surface area (Å²) in [5.41, 5.74) is 0. The number of hydrogen-bond donors (Lipinski definition) is 1. The summed E-state index contributed by atoms with van der Waals surface area (Å²) in [6.45, 7) is 2.56. The molecule has 2 rings (SSSR count). The van der Waals surface area contributed by atoms with Gasteiger partial charge in [0.1, 0.15) is 0 Å². The molecule has 2 nitrogen and oxygen atoms in total. The Morgan fingerprint density at radius 1 is 1.23 bits per heavy atom. The second-order valence-corrected chi connectivity index (χ2v) is 4.99. The zero-order valence-corrected chi connectivity index (χ0v) is 8.92. The van der Waals surface area contributed by atoms with Crippen molar-refractivity contribution in [2.75, 3.05) is 27.2 Å². The summed E-state index contributed by atoms with van der Waals surface area (Å²) in [4.78, 5) is 2.48. The van der Waals surface area contributed by atoms with Crippen LogP contribution in [0.15, 0.2) is 0 Å². The van der Waals surface area contributed by atoms with E-state index in [0.29, 0.717) is 0 Å². The SMILES string of the molecule is CNC1CC(CC2CC2)CN(C)C1. The molecule has 0 bridgehead atoms. The van der Waals surface area contributed by atoms with E-state index in [9.17, 15) is 0 Å². The fraction of sp³-hybridized carbons (Fsp3) is 1.00. The van der Waals surface area contributed by atoms with Crippen LogP contribution < -0.4 is 5.32 Å². The third kappa shape index (κ3) is 2.68. The molecule has 2 aliphatic rings. The van der Waals surface area contributed by atoms with Gasteiger partial charge in [-0.3, -0.25) is 0 Å². The van der Waals surface area contributed by atoms with Crippen LogP contribution in [0.5, 0.6) is 0 Å². The van der Waals surface area contributed by atoms with Crippen LogP contribution >= 0.6 is 0 Å². The van der Waals surface area contributed by atoms with E-state index in [-0.39, 0.29) is 0 Å². The number of nitrogens with one attached hydrogen (secondary N) is 1. The highest BCUT2D eigenvalue weighted by Crippen LogP contribution is 2.37. The van der Waals surface area contributed by atoms with Gasteiger partial charge in [-0.05, 0) is 38.8 Å². The zero-order chi connectivity index (χ0) is 9.26. The Labute approximate surface area is 81.7 Å². The van der Waals surface area contributed by atoms with Gasteiger partial charge in [0, 0.05) is 19.1 Å². The van der Waals surface area contributed by atoms with Crippen molar-refractivity contribution in [1.82, 2.24) is 10.2 Å². The Kier molecular flexibility index (Phi) is 2.89. The Balaban J connectivity index is 1.80. The zero-order valence-electron chi connectivity index (χ0n) is 8.92. The van der Waals surface area contributed by atoms with Gasteiger partial charge in [-0.1, -0.05) is 12.8 Å². The van der Waals surface area contributed by atoms with E-state index in [2.05, 4.69) is 24.3 Å². The lowest BCUT2D eigenvalue weighted by Gasteiger charge is -2.35. The van der Waals surface area contributed by atoms with Gasteiger partial charge in [-0.25, -0.2) is 0 Å². The fourth-order valence-corrected chi connectivity index (χ4v) is 2.65. The maximum Gasteiger partial charge on any atom is 0.0195 e. The minimum Gasteiger partial charge on any atom is -0.316 e. The average molecular weight is 182 g/mol. The second kappa shape index (κ2) is 3.97. The third-order valence-electron chi connectivity index (χ3n) is 3.49. The van der Waals surface area contributed by atoms with Gasteiger partial charge >= 0.3 is 0 Å². The van der Waals surface area contributed by atoms with Crippen LogP contribution in [0.4, 0.5) is 0 Å². The van der Waals surface area contributed by atoms with Gasteiger partial charge in [0.25, 0.3) is 0 Å². The molecule has 13 heavy (non-hydrogen) atoms. The van der Waals surface area contributed by atoms with Crippen molar-refractivity contribution < 1.29 is 0 Å². The maximum absolute atomic E-state index is 3.42. The van der Waals surface area contributed by atoms with Gasteiger partial charge in [-0.15, -0.1) is 0 Å². The molecule has 1 N–H and O–H groups in total. The normalized spacial score (nSPS) is 36.5. The number of piperidine rings is 1. The van der Waals surface area contributed by atoms with Crippen LogP contribution in [-0.2, 0) is 0 Å². The van der Waals surface area contributed by atoms with Crippen LogP contribution in [0.1, 0.15) is 25.7 Å².